The summed E-state index contributed by atoms with van der Waals surface area (Å²) in [7, 11) is -1.36. The molecule has 3 atom stereocenters. The van der Waals surface area contributed by atoms with E-state index in [4.69, 9.17) is 16.3 Å². The van der Waals surface area contributed by atoms with Gasteiger partial charge in [-0.05, 0) is 79.6 Å². The summed E-state index contributed by atoms with van der Waals surface area (Å²) in [5.41, 5.74) is 13.9. The van der Waals surface area contributed by atoms with E-state index in [0.717, 1.165) is 35.3 Å². The molecule has 4 N–H and O–H groups in total. The quantitative estimate of drug-likeness (QED) is 0.240. The zero-order chi connectivity index (χ0) is 26.7. The standard InChI is InChI=1S/C29H39N5O2S/c1-6-23-18-33(37(35)27-10-9-15-32-29(27)36-23)17-22-16-21(12-11-19(22)4)24(7-2)25-13-14-26(34(31)8-3)28(30)20(25)5/h9-16,23-24H,6-8,17-18,30-31H2,1-5H3/t23-,24?,37?/m1/s1. The molecule has 0 bridgehead atoms. The van der Waals surface area contributed by atoms with E-state index in [-0.39, 0.29) is 12.0 Å². The van der Waals surface area contributed by atoms with Crippen molar-refractivity contribution in [2.45, 2.75) is 70.9 Å². The molecule has 0 spiro atoms. The third-order valence-electron chi connectivity index (χ3n) is 7.39. The van der Waals surface area contributed by atoms with Crippen LogP contribution in [0.3, 0.4) is 0 Å². The molecule has 0 radical (unpaired) electrons. The first kappa shape index (κ1) is 27.1. The number of fused-ring (bicyclic) bond motifs is 1. The molecule has 0 saturated heterocycles. The molecule has 1 aromatic heterocycles. The van der Waals surface area contributed by atoms with E-state index in [1.165, 1.54) is 16.7 Å². The van der Waals surface area contributed by atoms with E-state index < -0.39 is 11.0 Å². The largest absolute Gasteiger partial charge is 0.472 e. The molecule has 0 amide bonds. The van der Waals surface area contributed by atoms with Gasteiger partial charge in [-0.15, -0.1) is 0 Å². The zero-order valence-corrected chi connectivity index (χ0v) is 23.3. The first-order valence-corrected chi connectivity index (χ1v) is 14.2. The lowest BCUT2D eigenvalue weighted by molar-refractivity contribution is 0.163. The topological polar surface area (TPSA) is 97.7 Å². The Bertz CT molecular complexity index is 1280. The highest BCUT2D eigenvalue weighted by Gasteiger charge is 2.29. The van der Waals surface area contributed by atoms with Gasteiger partial charge in [0.15, 0.2) is 0 Å². The van der Waals surface area contributed by atoms with Gasteiger partial charge in [-0.3, -0.25) is 0 Å². The van der Waals surface area contributed by atoms with Crippen molar-refractivity contribution in [3.05, 3.63) is 76.5 Å². The molecular formula is C29H39N5O2S. The highest BCUT2D eigenvalue weighted by atomic mass is 32.2. The number of hydrogen-bond donors (Lipinski definition) is 2. The van der Waals surface area contributed by atoms with Crippen LogP contribution in [0.4, 0.5) is 11.4 Å². The number of nitrogens with zero attached hydrogens (tertiary/aromatic N) is 3. The van der Waals surface area contributed by atoms with Crippen LogP contribution in [-0.2, 0) is 17.5 Å². The van der Waals surface area contributed by atoms with E-state index in [9.17, 15) is 4.21 Å². The lowest BCUT2D eigenvalue weighted by atomic mass is 9.84. The monoisotopic (exact) mass is 521 g/mol. The molecule has 0 aliphatic carbocycles. The molecular weight excluding hydrogens is 482 g/mol. The van der Waals surface area contributed by atoms with Crippen molar-refractivity contribution in [3.63, 3.8) is 0 Å². The predicted molar refractivity (Wildman–Crippen MR) is 152 cm³/mol. The van der Waals surface area contributed by atoms with Gasteiger partial charge in [0, 0.05) is 31.7 Å². The Morgan fingerprint density at radius 3 is 2.68 bits per heavy atom. The maximum atomic E-state index is 13.6. The Labute approximate surface area is 223 Å². The van der Waals surface area contributed by atoms with Gasteiger partial charge >= 0.3 is 0 Å². The van der Waals surface area contributed by atoms with Crippen molar-refractivity contribution >= 4 is 22.4 Å². The number of hydrazine groups is 1. The molecule has 2 unspecified atom stereocenters. The molecule has 4 rings (SSSR count). The molecule has 198 valence electrons. The maximum absolute atomic E-state index is 13.6. The van der Waals surface area contributed by atoms with Crippen molar-refractivity contribution in [2.75, 3.05) is 23.8 Å². The van der Waals surface area contributed by atoms with Crippen LogP contribution in [0.5, 0.6) is 5.88 Å². The molecule has 37 heavy (non-hydrogen) atoms. The summed E-state index contributed by atoms with van der Waals surface area (Å²) in [6.45, 7) is 12.3. The smallest absolute Gasteiger partial charge is 0.231 e. The van der Waals surface area contributed by atoms with Crippen molar-refractivity contribution in [3.8, 4) is 5.88 Å². The van der Waals surface area contributed by atoms with Crippen LogP contribution in [0.15, 0.2) is 53.6 Å². The number of aromatic nitrogens is 1. The summed E-state index contributed by atoms with van der Waals surface area (Å²) in [4.78, 5) is 4.97. The first-order chi connectivity index (χ1) is 17.8. The molecule has 3 aromatic rings. The summed E-state index contributed by atoms with van der Waals surface area (Å²) in [5.74, 6) is 6.81. The van der Waals surface area contributed by atoms with Crippen LogP contribution in [0.2, 0.25) is 0 Å². The van der Waals surface area contributed by atoms with Gasteiger partial charge in [0.05, 0.1) is 11.4 Å². The number of nitrogens with two attached hydrogens (primary N) is 2. The highest BCUT2D eigenvalue weighted by Crippen LogP contribution is 2.37. The molecule has 8 heteroatoms. The fourth-order valence-electron chi connectivity index (χ4n) is 5.00. The molecule has 0 saturated carbocycles. The molecule has 2 aromatic carbocycles. The molecule has 2 heterocycles. The van der Waals surface area contributed by atoms with Crippen molar-refractivity contribution in [1.29, 1.82) is 0 Å². The van der Waals surface area contributed by atoms with E-state index >= 15 is 0 Å². The van der Waals surface area contributed by atoms with Crippen molar-refractivity contribution in [1.82, 2.24) is 9.29 Å². The number of ether oxygens (including phenoxy) is 1. The van der Waals surface area contributed by atoms with Gasteiger partial charge in [0.25, 0.3) is 0 Å². The van der Waals surface area contributed by atoms with Gasteiger partial charge in [-0.1, -0.05) is 38.1 Å². The average Bonchev–Trinajstić information content (AvgIpc) is 3.04. The van der Waals surface area contributed by atoms with Crippen molar-refractivity contribution in [2.24, 2.45) is 5.84 Å². The second-order valence-electron chi connectivity index (χ2n) is 9.67. The fraction of sp³-hybridized carbons (Fsp3) is 0.414. The Morgan fingerprint density at radius 2 is 1.97 bits per heavy atom. The molecule has 1 aliphatic heterocycles. The Morgan fingerprint density at radius 1 is 1.19 bits per heavy atom. The average molecular weight is 522 g/mol. The number of pyridine rings is 1. The van der Waals surface area contributed by atoms with Crippen LogP contribution in [-0.4, -0.2) is 32.7 Å². The van der Waals surface area contributed by atoms with Gasteiger partial charge < -0.3 is 15.5 Å². The molecule has 7 nitrogen and oxygen atoms in total. The number of nitrogen functional groups attached to an aromatic ring is 1. The summed E-state index contributed by atoms with van der Waals surface area (Å²) >= 11 is 0. The predicted octanol–water partition coefficient (Wildman–Crippen LogP) is 5.22. The summed E-state index contributed by atoms with van der Waals surface area (Å²) in [5, 5.41) is 1.68. The van der Waals surface area contributed by atoms with Gasteiger partial charge in [0.1, 0.15) is 22.0 Å². The SMILES string of the molecule is CCC(c1ccc(C)c(CN2C[C@@H](CC)Oc3ncccc3S2=O)c1)c1ccc(N(N)CC)c(N)c1C. The molecule has 0 fully saturated rings. The lowest BCUT2D eigenvalue weighted by Gasteiger charge is -2.26. The maximum Gasteiger partial charge on any atom is 0.231 e. The van der Waals surface area contributed by atoms with E-state index in [0.29, 0.717) is 30.4 Å². The van der Waals surface area contributed by atoms with Gasteiger partial charge in [0.2, 0.25) is 5.88 Å². The highest BCUT2D eigenvalue weighted by molar-refractivity contribution is 7.82. The van der Waals surface area contributed by atoms with E-state index in [1.807, 2.05) is 29.4 Å². The minimum Gasteiger partial charge on any atom is -0.472 e. The van der Waals surface area contributed by atoms with Gasteiger partial charge in [-0.2, -0.15) is 0 Å². The number of anilines is 2. The van der Waals surface area contributed by atoms with E-state index in [1.54, 1.807) is 11.2 Å². The van der Waals surface area contributed by atoms with Crippen LogP contribution in [0, 0.1) is 13.8 Å². The van der Waals surface area contributed by atoms with Crippen molar-refractivity contribution < 1.29 is 8.95 Å². The van der Waals surface area contributed by atoms with Gasteiger partial charge in [-0.25, -0.2) is 19.3 Å². The van der Waals surface area contributed by atoms with Crippen LogP contribution < -0.4 is 21.3 Å². The lowest BCUT2D eigenvalue weighted by Crippen LogP contribution is -2.33. The second-order valence-corrected chi connectivity index (χ2v) is 11.1. The fourth-order valence-corrected chi connectivity index (χ4v) is 6.28. The third kappa shape index (κ3) is 5.51. The minimum absolute atomic E-state index is 0.0682. The number of aryl methyl sites for hydroxylation is 1. The minimum atomic E-state index is -1.36. The third-order valence-corrected chi connectivity index (χ3v) is 8.82. The number of benzene rings is 2. The first-order valence-electron chi connectivity index (χ1n) is 13.1. The summed E-state index contributed by atoms with van der Waals surface area (Å²) in [6.07, 6.45) is 3.37. The number of rotatable bonds is 8. The van der Waals surface area contributed by atoms with Crippen LogP contribution >= 0.6 is 0 Å². The summed E-state index contributed by atoms with van der Waals surface area (Å²) < 4.78 is 21.7. The Balaban J connectivity index is 1.67. The Kier molecular flexibility index (Phi) is 8.52. The van der Waals surface area contributed by atoms with E-state index in [2.05, 4.69) is 56.9 Å². The number of hydrogen-bond acceptors (Lipinski definition) is 6. The van der Waals surface area contributed by atoms with Crippen LogP contribution in [0.1, 0.15) is 67.3 Å². The normalized spacial score (nSPS) is 18.5. The zero-order valence-electron chi connectivity index (χ0n) is 22.5. The second kappa shape index (κ2) is 11.6. The van der Waals surface area contributed by atoms with Crippen LogP contribution in [0.25, 0.3) is 0 Å². The summed E-state index contributed by atoms with van der Waals surface area (Å²) in [6, 6.07) is 14.5. The Hall–Kier alpha value is -2.94. The molecule has 1 aliphatic rings.